The van der Waals surface area contributed by atoms with Crippen LogP contribution >= 0.6 is 0 Å². The molecule has 3 aromatic rings. The number of aryl methyl sites for hydroxylation is 1. The van der Waals surface area contributed by atoms with Gasteiger partial charge in [0, 0.05) is 6.54 Å². The summed E-state index contributed by atoms with van der Waals surface area (Å²) in [7, 11) is 0. The third kappa shape index (κ3) is 5.27. The van der Waals surface area contributed by atoms with Crippen LogP contribution in [0.15, 0.2) is 78.9 Å². The fourth-order valence-corrected chi connectivity index (χ4v) is 4.11. The number of urea groups is 1. The molecule has 0 aliphatic carbocycles. The lowest BCUT2D eigenvalue weighted by atomic mass is 9.91. The molecule has 184 valence electrons. The molecule has 1 atom stereocenters. The van der Waals surface area contributed by atoms with E-state index in [-0.39, 0.29) is 5.91 Å². The Kier molecular flexibility index (Phi) is 7.15. The van der Waals surface area contributed by atoms with Gasteiger partial charge in [-0.05, 0) is 43.5 Å². The van der Waals surface area contributed by atoms with Crippen LogP contribution in [0.3, 0.4) is 0 Å². The molecule has 36 heavy (non-hydrogen) atoms. The second-order valence-electron chi connectivity index (χ2n) is 8.90. The monoisotopic (exact) mass is 484 g/mol. The Morgan fingerprint density at radius 2 is 1.58 bits per heavy atom. The van der Waals surface area contributed by atoms with Crippen LogP contribution in [-0.2, 0) is 21.5 Å². The van der Waals surface area contributed by atoms with E-state index < -0.39 is 29.9 Å². The Morgan fingerprint density at radius 1 is 0.917 bits per heavy atom. The maximum atomic E-state index is 13.1. The summed E-state index contributed by atoms with van der Waals surface area (Å²) in [6.07, 6.45) is 0.674. The van der Waals surface area contributed by atoms with Gasteiger partial charge in [0.25, 0.3) is 11.8 Å². The number of hydrogen-bond acceptors (Lipinski definition) is 4. The third-order valence-corrected chi connectivity index (χ3v) is 6.19. The highest BCUT2D eigenvalue weighted by atomic mass is 16.2. The number of hydrogen-bond donors (Lipinski definition) is 3. The number of anilines is 1. The van der Waals surface area contributed by atoms with Gasteiger partial charge in [-0.25, -0.2) is 4.79 Å². The summed E-state index contributed by atoms with van der Waals surface area (Å²) < 4.78 is 0. The van der Waals surface area contributed by atoms with Crippen molar-refractivity contribution >= 4 is 29.4 Å². The number of nitrogens with zero attached hydrogens (tertiary/aromatic N) is 1. The van der Waals surface area contributed by atoms with E-state index in [1.165, 1.54) is 0 Å². The normalized spacial score (nSPS) is 17.0. The van der Waals surface area contributed by atoms with E-state index in [0.29, 0.717) is 29.8 Å². The number of rotatable bonds is 8. The SMILES string of the molecule is Cc1ccc(C2(C)NC(=O)N(CC(=O)Nc3ccccc3C(=O)NCCc3ccccc3)C2=O)cc1. The highest BCUT2D eigenvalue weighted by molar-refractivity contribution is 6.11. The highest BCUT2D eigenvalue weighted by Gasteiger charge is 2.49. The zero-order valence-corrected chi connectivity index (χ0v) is 20.2. The minimum Gasteiger partial charge on any atom is -0.352 e. The second kappa shape index (κ2) is 10.4. The van der Waals surface area contributed by atoms with Gasteiger partial charge < -0.3 is 16.0 Å². The molecule has 0 spiro atoms. The average molecular weight is 485 g/mol. The van der Waals surface area contributed by atoms with Crippen LogP contribution in [0.4, 0.5) is 10.5 Å². The van der Waals surface area contributed by atoms with Crippen molar-refractivity contribution in [2.75, 3.05) is 18.4 Å². The molecule has 1 saturated heterocycles. The number of amides is 5. The summed E-state index contributed by atoms with van der Waals surface area (Å²) in [5.74, 6) is -1.43. The minimum atomic E-state index is -1.26. The molecule has 0 aromatic heterocycles. The van der Waals surface area contributed by atoms with Crippen molar-refractivity contribution < 1.29 is 19.2 Å². The largest absolute Gasteiger partial charge is 0.352 e. The fourth-order valence-electron chi connectivity index (χ4n) is 4.11. The van der Waals surface area contributed by atoms with E-state index in [0.717, 1.165) is 16.0 Å². The first-order valence-corrected chi connectivity index (χ1v) is 11.7. The average Bonchev–Trinajstić information content (AvgIpc) is 3.09. The summed E-state index contributed by atoms with van der Waals surface area (Å²) in [4.78, 5) is 52.2. The van der Waals surface area contributed by atoms with Crippen LogP contribution in [0.25, 0.3) is 0 Å². The molecule has 0 bridgehead atoms. The molecule has 8 nitrogen and oxygen atoms in total. The molecular weight excluding hydrogens is 456 g/mol. The smallest absolute Gasteiger partial charge is 0.325 e. The fraction of sp³-hybridized carbons (Fsp3) is 0.214. The molecule has 0 radical (unpaired) electrons. The Hall–Kier alpha value is -4.46. The quantitative estimate of drug-likeness (QED) is 0.426. The molecule has 1 aliphatic heterocycles. The van der Waals surface area contributed by atoms with Crippen molar-refractivity contribution in [3.8, 4) is 0 Å². The Balaban J connectivity index is 1.39. The lowest BCUT2D eigenvalue weighted by Crippen LogP contribution is -2.42. The number of imide groups is 1. The maximum Gasteiger partial charge on any atom is 0.325 e. The van der Waals surface area contributed by atoms with E-state index in [4.69, 9.17) is 0 Å². The van der Waals surface area contributed by atoms with Crippen molar-refractivity contribution in [1.29, 1.82) is 0 Å². The van der Waals surface area contributed by atoms with E-state index >= 15 is 0 Å². The minimum absolute atomic E-state index is 0.292. The summed E-state index contributed by atoms with van der Waals surface area (Å²) in [6.45, 7) is 3.51. The van der Waals surface area contributed by atoms with Gasteiger partial charge >= 0.3 is 6.03 Å². The van der Waals surface area contributed by atoms with Crippen LogP contribution in [0.1, 0.15) is 34.0 Å². The molecule has 3 aromatic carbocycles. The number of para-hydroxylation sites is 1. The Bertz CT molecular complexity index is 1290. The first kappa shape index (κ1) is 24.7. The zero-order valence-electron chi connectivity index (χ0n) is 20.2. The van der Waals surface area contributed by atoms with Crippen molar-refractivity contribution in [1.82, 2.24) is 15.5 Å². The number of carbonyl (C=O) groups is 4. The Morgan fingerprint density at radius 3 is 2.31 bits per heavy atom. The molecule has 0 saturated carbocycles. The lowest BCUT2D eigenvalue weighted by molar-refractivity contribution is -0.133. The maximum absolute atomic E-state index is 13.1. The molecule has 5 amide bonds. The van der Waals surface area contributed by atoms with Gasteiger partial charge in [0.2, 0.25) is 5.91 Å². The second-order valence-corrected chi connectivity index (χ2v) is 8.90. The highest BCUT2D eigenvalue weighted by Crippen LogP contribution is 2.29. The number of carbonyl (C=O) groups excluding carboxylic acids is 4. The summed E-state index contributed by atoms with van der Waals surface area (Å²) in [5.41, 5.74) is 2.09. The van der Waals surface area contributed by atoms with Gasteiger partial charge in [-0.3, -0.25) is 19.3 Å². The predicted molar refractivity (Wildman–Crippen MR) is 136 cm³/mol. The third-order valence-electron chi connectivity index (χ3n) is 6.19. The summed E-state index contributed by atoms with van der Waals surface area (Å²) in [6, 6.07) is 23.0. The van der Waals surface area contributed by atoms with E-state index in [2.05, 4.69) is 16.0 Å². The van der Waals surface area contributed by atoms with Crippen LogP contribution in [0, 0.1) is 6.92 Å². The van der Waals surface area contributed by atoms with Gasteiger partial charge in [0.1, 0.15) is 12.1 Å². The first-order chi connectivity index (χ1) is 17.3. The lowest BCUT2D eigenvalue weighted by Gasteiger charge is -2.22. The number of nitrogens with one attached hydrogen (secondary N) is 3. The molecule has 4 rings (SSSR count). The molecule has 1 aliphatic rings. The van der Waals surface area contributed by atoms with Crippen molar-refractivity contribution in [3.05, 3.63) is 101 Å². The van der Waals surface area contributed by atoms with Crippen LogP contribution < -0.4 is 16.0 Å². The molecule has 3 N–H and O–H groups in total. The van der Waals surface area contributed by atoms with E-state index in [9.17, 15) is 19.2 Å². The van der Waals surface area contributed by atoms with Gasteiger partial charge in [-0.15, -0.1) is 0 Å². The van der Waals surface area contributed by atoms with Crippen molar-refractivity contribution in [3.63, 3.8) is 0 Å². The molecule has 1 unspecified atom stereocenters. The summed E-state index contributed by atoms with van der Waals surface area (Å²) >= 11 is 0. The van der Waals surface area contributed by atoms with Crippen LogP contribution in [0.5, 0.6) is 0 Å². The van der Waals surface area contributed by atoms with Gasteiger partial charge in [-0.2, -0.15) is 0 Å². The van der Waals surface area contributed by atoms with E-state index in [1.54, 1.807) is 43.3 Å². The topological polar surface area (TPSA) is 108 Å². The molecule has 8 heteroatoms. The summed E-state index contributed by atoms with van der Waals surface area (Å²) in [5, 5.41) is 8.23. The van der Waals surface area contributed by atoms with Crippen LogP contribution in [0.2, 0.25) is 0 Å². The standard InChI is InChI=1S/C28H28N4O4/c1-19-12-14-21(15-13-19)28(2)26(35)32(27(36)31-28)18-24(33)30-23-11-7-6-10-22(23)25(34)29-17-16-20-8-4-3-5-9-20/h3-15H,16-18H2,1-2H3,(H,29,34)(H,30,33)(H,31,36). The van der Waals surface area contributed by atoms with Crippen LogP contribution in [-0.4, -0.2) is 41.7 Å². The van der Waals surface area contributed by atoms with Gasteiger partial charge in [0.15, 0.2) is 0 Å². The van der Waals surface area contributed by atoms with Crippen molar-refractivity contribution in [2.24, 2.45) is 0 Å². The molecular formula is C28H28N4O4. The Labute approximate surface area is 209 Å². The van der Waals surface area contributed by atoms with Gasteiger partial charge in [-0.1, -0.05) is 72.3 Å². The van der Waals surface area contributed by atoms with E-state index in [1.807, 2.05) is 49.4 Å². The zero-order chi connectivity index (χ0) is 25.7. The van der Waals surface area contributed by atoms with Gasteiger partial charge in [0.05, 0.1) is 11.3 Å². The van der Waals surface area contributed by atoms with Crippen molar-refractivity contribution in [2.45, 2.75) is 25.8 Å². The molecule has 1 fully saturated rings. The first-order valence-electron chi connectivity index (χ1n) is 11.7. The molecule has 1 heterocycles. The predicted octanol–water partition coefficient (Wildman–Crippen LogP) is 3.37. The number of benzene rings is 3.